The number of rotatable bonds is 5. The first-order valence-corrected chi connectivity index (χ1v) is 7.70. The van der Waals surface area contributed by atoms with Crippen LogP contribution in [-0.4, -0.2) is 16.1 Å². The van der Waals surface area contributed by atoms with Crippen molar-refractivity contribution in [3.05, 3.63) is 83.6 Å². The molecule has 3 rings (SSSR count). The van der Waals surface area contributed by atoms with Gasteiger partial charge in [-0.2, -0.15) is 0 Å². The van der Waals surface area contributed by atoms with Gasteiger partial charge >= 0.3 is 0 Å². The zero-order valence-electron chi connectivity index (χ0n) is 13.4. The Morgan fingerprint density at radius 2 is 1.67 bits per heavy atom. The molecule has 0 aliphatic rings. The Bertz CT molecular complexity index is 799. The number of nitrogens with zero attached hydrogens (tertiary/aromatic N) is 2. The van der Waals surface area contributed by atoms with E-state index >= 15 is 0 Å². The number of aromatic nitrogens is 2. The van der Waals surface area contributed by atoms with Crippen molar-refractivity contribution < 1.29 is 4.79 Å². The number of hydrogen-bond acceptors (Lipinski definition) is 4. The number of nitrogens with one attached hydrogen (secondary N) is 2. The maximum Gasteiger partial charge on any atom is 0.272 e. The normalized spacial score (nSPS) is 10.2. The summed E-state index contributed by atoms with van der Waals surface area (Å²) >= 11 is 0. The number of para-hydroxylation sites is 1. The summed E-state index contributed by atoms with van der Waals surface area (Å²) in [6.45, 7) is 2.49. The molecule has 5 nitrogen and oxygen atoms in total. The van der Waals surface area contributed by atoms with Crippen molar-refractivity contribution in [2.24, 2.45) is 0 Å². The standard InChI is InChI=1S/C19H18N4O/c1-14-7-9-15(10-8-14)13-20-19(24)17-11-12-18(23-22-17)21-16-5-3-2-4-6-16/h2-12H,13H2,1H3,(H,20,24)(H,21,23). The first kappa shape index (κ1) is 15.7. The molecule has 0 saturated carbocycles. The second kappa shape index (κ2) is 7.37. The molecular weight excluding hydrogens is 300 g/mol. The van der Waals surface area contributed by atoms with Gasteiger partial charge in [0.25, 0.3) is 5.91 Å². The quantitative estimate of drug-likeness (QED) is 0.756. The second-order valence-electron chi connectivity index (χ2n) is 5.46. The average molecular weight is 318 g/mol. The smallest absolute Gasteiger partial charge is 0.272 e. The monoisotopic (exact) mass is 318 g/mol. The van der Waals surface area contributed by atoms with Crippen LogP contribution >= 0.6 is 0 Å². The fourth-order valence-corrected chi connectivity index (χ4v) is 2.17. The van der Waals surface area contributed by atoms with Gasteiger partial charge in [-0.05, 0) is 36.8 Å². The fraction of sp³-hybridized carbons (Fsp3) is 0.105. The maximum absolute atomic E-state index is 12.1. The van der Waals surface area contributed by atoms with E-state index in [9.17, 15) is 4.79 Å². The third-order valence-corrected chi connectivity index (χ3v) is 3.52. The van der Waals surface area contributed by atoms with Crippen LogP contribution in [0.15, 0.2) is 66.7 Å². The van der Waals surface area contributed by atoms with Crippen LogP contribution < -0.4 is 10.6 Å². The summed E-state index contributed by atoms with van der Waals surface area (Å²) in [6, 6.07) is 21.1. The average Bonchev–Trinajstić information content (AvgIpc) is 2.62. The molecule has 1 amide bonds. The first-order chi connectivity index (χ1) is 11.7. The zero-order valence-corrected chi connectivity index (χ0v) is 13.4. The Balaban J connectivity index is 1.58. The highest BCUT2D eigenvalue weighted by Crippen LogP contribution is 2.12. The van der Waals surface area contributed by atoms with Gasteiger partial charge in [0.2, 0.25) is 0 Å². The Hall–Kier alpha value is -3.21. The third kappa shape index (κ3) is 4.16. The fourth-order valence-electron chi connectivity index (χ4n) is 2.17. The molecule has 0 atom stereocenters. The molecule has 0 saturated heterocycles. The SMILES string of the molecule is Cc1ccc(CNC(=O)c2ccc(Nc3ccccc3)nn2)cc1. The van der Waals surface area contributed by atoms with Crippen molar-refractivity contribution in [2.75, 3.05) is 5.32 Å². The molecule has 5 heteroatoms. The van der Waals surface area contributed by atoms with E-state index in [1.807, 2.05) is 61.5 Å². The lowest BCUT2D eigenvalue weighted by atomic mass is 10.1. The summed E-state index contributed by atoms with van der Waals surface area (Å²) in [5.74, 6) is 0.352. The van der Waals surface area contributed by atoms with Crippen LogP contribution in [0.5, 0.6) is 0 Å². The van der Waals surface area contributed by atoms with Crippen molar-refractivity contribution in [3.63, 3.8) is 0 Å². The molecular formula is C19H18N4O. The van der Waals surface area contributed by atoms with Gasteiger partial charge < -0.3 is 10.6 Å². The van der Waals surface area contributed by atoms with E-state index in [0.717, 1.165) is 11.3 Å². The van der Waals surface area contributed by atoms with Gasteiger partial charge in [0.05, 0.1) is 0 Å². The molecule has 0 spiro atoms. The topological polar surface area (TPSA) is 66.9 Å². The first-order valence-electron chi connectivity index (χ1n) is 7.70. The molecule has 3 aromatic rings. The Morgan fingerprint density at radius 3 is 2.33 bits per heavy atom. The van der Waals surface area contributed by atoms with Gasteiger partial charge in [0.15, 0.2) is 11.5 Å². The maximum atomic E-state index is 12.1. The number of anilines is 2. The summed E-state index contributed by atoms with van der Waals surface area (Å²) in [6.07, 6.45) is 0. The van der Waals surface area contributed by atoms with Crippen LogP contribution in [0.25, 0.3) is 0 Å². The van der Waals surface area contributed by atoms with E-state index < -0.39 is 0 Å². The Labute approximate surface area is 140 Å². The predicted molar refractivity (Wildman–Crippen MR) is 94.1 cm³/mol. The molecule has 1 heterocycles. The van der Waals surface area contributed by atoms with Crippen LogP contribution in [0.4, 0.5) is 11.5 Å². The van der Waals surface area contributed by atoms with E-state index in [2.05, 4.69) is 20.8 Å². The van der Waals surface area contributed by atoms with Gasteiger partial charge in [-0.25, -0.2) is 0 Å². The zero-order chi connectivity index (χ0) is 16.8. The number of hydrogen-bond donors (Lipinski definition) is 2. The largest absolute Gasteiger partial charge is 0.347 e. The summed E-state index contributed by atoms with van der Waals surface area (Å²) < 4.78 is 0. The van der Waals surface area contributed by atoms with Crippen LogP contribution in [0, 0.1) is 6.92 Å². The highest BCUT2D eigenvalue weighted by atomic mass is 16.1. The van der Waals surface area contributed by atoms with E-state index in [0.29, 0.717) is 18.1 Å². The van der Waals surface area contributed by atoms with Crippen LogP contribution in [0.2, 0.25) is 0 Å². The lowest BCUT2D eigenvalue weighted by Crippen LogP contribution is -2.24. The minimum atomic E-state index is -0.241. The molecule has 2 aromatic carbocycles. The molecule has 0 fully saturated rings. The van der Waals surface area contributed by atoms with Crippen molar-refractivity contribution in [1.82, 2.24) is 15.5 Å². The lowest BCUT2D eigenvalue weighted by Gasteiger charge is -2.07. The number of carbonyl (C=O) groups is 1. The molecule has 120 valence electrons. The summed E-state index contributed by atoms with van der Waals surface area (Å²) in [5.41, 5.74) is 3.45. The van der Waals surface area contributed by atoms with Crippen molar-refractivity contribution >= 4 is 17.4 Å². The lowest BCUT2D eigenvalue weighted by molar-refractivity contribution is 0.0945. The van der Waals surface area contributed by atoms with Crippen LogP contribution in [0.3, 0.4) is 0 Å². The number of carbonyl (C=O) groups excluding carboxylic acids is 1. The number of benzene rings is 2. The van der Waals surface area contributed by atoms with Gasteiger partial charge in [0.1, 0.15) is 0 Å². The molecule has 24 heavy (non-hydrogen) atoms. The molecule has 0 aliphatic heterocycles. The predicted octanol–water partition coefficient (Wildman–Crippen LogP) is 3.46. The Morgan fingerprint density at radius 1 is 0.917 bits per heavy atom. The minimum absolute atomic E-state index is 0.241. The third-order valence-electron chi connectivity index (χ3n) is 3.52. The molecule has 2 N–H and O–H groups in total. The van der Waals surface area contributed by atoms with Gasteiger partial charge in [-0.1, -0.05) is 48.0 Å². The van der Waals surface area contributed by atoms with Gasteiger partial charge in [-0.15, -0.1) is 10.2 Å². The molecule has 0 aliphatic carbocycles. The molecule has 1 aromatic heterocycles. The summed E-state index contributed by atoms with van der Waals surface area (Å²) in [5, 5.41) is 14.0. The van der Waals surface area contributed by atoms with E-state index in [1.165, 1.54) is 5.56 Å². The number of aryl methyl sites for hydroxylation is 1. The van der Waals surface area contributed by atoms with Crippen LogP contribution in [-0.2, 0) is 6.54 Å². The van der Waals surface area contributed by atoms with E-state index in [-0.39, 0.29) is 5.91 Å². The highest BCUT2D eigenvalue weighted by molar-refractivity contribution is 5.92. The molecule has 0 bridgehead atoms. The van der Waals surface area contributed by atoms with Gasteiger partial charge in [0, 0.05) is 12.2 Å². The summed E-state index contributed by atoms with van der Waals surface area (Å²) in [4.78, 5) is 12.1. The van der Waals surface area contributed by atoms with E-state index in [1.54, 1.807) is 12.1 Å². The summed E-state index contributed by atoms with van der Waals surface area (Å²) in [7, 11) is 0. The second-order valence-corrected chi connectivity index (χ2v) is 5.46. The number of amides is 1. The van der Waals surface area contributed by atoms with E-state index in [4.69, 9.17) is 0 Å². The molecule has 0 radical (unpaired) electrons. The van der Waals surface area contributed by atoms with Crippen molar-refractivity contribution in [1.29, 1.82) is 0 Å². The highest BCUT2D eigenvalue weighted by Gasteiger charge is 2.08. The molecule has 0 unspecified atom stereocenters. The van der Waals surface area contributed by atoms with Crippen LogP contribution in [0.1, 0.15) is 21.6 Å². The van der Waals surface area contributed by atoms with Crippen molar-refractivity contribution in [3.8, 4) is 0 Å². The van der Waals surface area contributed by atoms with Gasteiger partial charge in [-0.3, -0.25) is 4.79 Å². The Kier molecular flexibility index (Phi) is 4.81. The minimum Gasteiger partial charge on any atom is -0.347 e. The van der Waals surface area contributed by atoms with Crippen molar-refractivity contribution in [2.45, 2.75) is 13.5 Å².